The number of hydrogen-bond donors (Lipinski definition) is 1. The van der Waals surface area contributed by atoms with Crippen LogP contribution in [-0.4, -0.2) is 47.1 Å². The summed E-state index contributed by atoms with van der Waals surface area (Å²) in [7, 11) is 4.62. The molecule has 3 atom stereocenters. The van der Waals surface area contributed by atoms with Gasteiger partial charge in [0, 0.05) is 48.8 Å². The predicted octanol–water partition coefficient (Wildman–Crippen LogP) is 2.57. The van der Waals surface area contributed by atoms with Gasteiger partial charge in [-0.15, -0.1) is 0 Å². The van der Waals surface area contributed by atoms with Gasteiger partial charge in [-0.3, -0.25) is 19.1 Å². The number of Topliss-reactive ketones (excluding diaryl/α,β-unsaturated/α-hetero) is 2. The number of nitrogens with zero attached hydrogens (tertiary/aromatic N) is 2. The van der Waals surface area contributed by atoms with E-state index in [4.69, 9.17) is 25.8 Å². The normalized spacial score (nSPS) is 26.2. The molecule has 1 aromatic carbocycles. The maximum absolute atomic E-state index is 14.1. The molecular formula is C23H22ClN3O6. The number of methoxy groups -OCH3 is 2. The molecule has 2 aromatic rings. The van der Waals surface area contributed by atoms with E-state index in [-0.39, 0.29) is 46.6 Å². The van der Waals surface area contributed by atoms with Crippen LogP contribution in [-0.2, 0) is 16.6 Å². The van der Waals surface area contributed by atoms with E-state index in [0.29, 0.717) is 11.3 Å². The first-order chi connectivity index (χ1) is 15.7. The standard InChI is InChI=1S/C23H22ClN3O6/c1-10-5-13-17(12(6-16(28)26-13)11-8-25-27(2)9-11)21(29)23(10)22(30)18-14(31-3)7-15(32-4)19(24)20(18)33-23/h7-10,12H,5-6H2,1-4H3,(H,26,28)/t10-,12?,23+/m1/s1. The van der Waals surface area contributed by atoms with Crippen LogP contribution in [0.1, 0.15) is 41.6 Å². The van der Waals surface area contributed by atoms with Crippen molar-refractivity contribution in [1.82, 2.24) is 15.1 Å². The molecule has 0 saturated heterocycles. The summed E-state index contributed by atoms with van der Waals surface area (Å²) < 4.78 is 18.5. The number of halogens is 1. The molecule has 33 heavy (non-hydrogen) atoms. The second kappa shape index (κ2) is 7.34. The summed E-state index contributed by atoms with van der Waals surface area (Å²) in [5.74, 6) is -1.72. The quantitative estimate of drug-likeness (QED) is 0.685. The Morgan fingerprint density at radius 1 is 1.18 bits per heavy atom. The van der Waals surface area contributed by atoms with Gasteiger partial charge < -0.3 is 19.5 Å². The minimum Gasteiger partial charge on any atom is -0.496 e. The topological polar surface area (TPSA) is 109 Å². The van der Waals surface area contributed by atoms with Crippen LogP contribution in [0.4, 0.5) is 0 Å². The predicted molar refractivity (Wildman–Crippen MR) is 117 cm³/mol. The summed E-state index contributed by atoms with van der Waals surface area (Å²) in [6, 6.07) is 1.50. The van der Waals surface area contributed by atoms with Crippen LogP contribution in [0.25, 0.3) is 0 Å². The highest BCUT2D eigenvalue weighted by atomic mass is 35.5. The number of aromatic nitrogens is 2. The van der Waals surface area contributed by atoms with Gasteiger partial charge in [0.05, 0.1) is 20.4 Å². The molecule has 1 aromatic heterocycles. The third-order valence-electron chi connectivity index (χ3n) is 6.69. The molecule has 9 nitrogen and oxygen atoms in total. The molecule has 1 amide bonds. The number of carbonyl (C=O) groups is 3. The Labute approximate surface area is 194 Å². The maximum Gasteiger partial charge on any atom is 0.236 e. The van der Waals surface area contributed by atoms with Crippen molar-refractivity contribution in [3.05, 3.63) is 45.9 Å². The van der Waals surface area contributed by atoms with E-state index in [9.17, 15) is 14.4 Å². The Bertz CT molecular complexity index is 1270. The molecule has 1 spiro atoms. The minimum absolute atomic E-state index is 0.0692. The summed E-state index contributed by atoms with van der Waals surface area (Å²) in [5, 5.41) is 7.12. The van der Waals surface area contributed by atoms with Gasteiger partial charge in [-0.1, -0.05) is 18.5 Å². The molecule has 172 valence electrons. The SMILES string of the molecule is COc1cc(OC)c2c(c1Cl)O[C@@]1(C(=O)C3=C(C[C@H]1C)NC(=O)CC3c1cnn(C)c1)C2=O. The Morgan fingerprint density at radius 3 is 2.55 bits per heavy atom. The smallest absolute Gasteiger partial charge is 0.236 e. The molecule has 3 heterocycles. The van der Waals surface area contributed by atoms with E-state index < -0.39 is 29.0 Å². The van der Waals surface area contributed by atoms with Crippen LogP contribution in [0.3, 0.4) is 0 Å². The highest BCUT2D eigenvalue weighted by Gasteiger charge is 2.63. The molecule has 0 radical (unpaired) electrons. The molecule has 1 aliphatic carbocycles. The van der Waals surface area contributed by atoms with Crippen molar-refractivity contribution in [3.63, 3.8) is 0 Å². The summed E-state index contributed by atoms with van der Waals surface area (Å²) in [6.07, 6.45) is 3.74. The number of fused-ring (bicyclic) bond motifs is 1. The molecule has 10 heteroatoms. The second-order valence-electron chi connectivity index (χ2n) is 8.54. The van der Waals surface area contributed by atoms with Gasteiger partial charge in [0.25, 0.3) is 0 Å². The zero-order valence-electron chi connectivity index (χ0n) is 18.5. The van der Waals surface area contributed by atoms with Crippen LogP contribution in [0.2, 0.25) is 5.02 Å². The number of rotatable bonds is 3. The largest absolute Gasteiger partial charge is 0.496 e. The van der Waals surface area contributed by atoms with Gasteiger partial charge in [0.1, 0.15) is 22.1 Å². The van der Waals surface area contributed by atoms with Crippen LogP contribution in [0.15, 0.2) is 29.7 Å². The molecule has 3 aliphatic rings. The van der Waals surface area contributed by atoms with Gasteiger partial charge in [-0.05, 0) is 12.0 Å². The van der Waals surface area contributed by atoms with E-state index in [0.717, 1.165) is 5.56 Å². The van der Waals surface area contributed by atoms with E-state index in [1.807, 2.05) is 0 Å². The van der Waals surface area contributed by atoms with Gasteiger partial charge in [-0.2, -0.15) is 5.10 Å². The number of hydrogen-bond acceptors (Lipinski definition) is 7. The van der Waals surface area contributed by atoms with Crippen LogP contribution < -0.4 is 19.5 Å². The minimum atomic E-state index is -1.81. The first-order valence-corrected chi connectivity index (χ1v) is 10.8. The summed E-state index contributed by atoms with van der Waals surface area (Å²) in [6.45, 7) is 1.75. The first kappa shape index (κ1) is 21.5. The van der Waals surface area contributed by atoms with E-state index in [2.05, 4.69) is 10.4 Å². The molecule has 1 N–H and O–H groups in total. The van der Waals surface area contributed by atoms with E-state index in [1.165, 1.54) is 20.3 Å². The summed E-state index contributed by atoms with van der Waals surface area (Å²) in [5.41, 5.74) is -0.0916. The number of carbonyl (C=O) groups excluding carboxylic acids is 3. The molecule has 5 rings (SSSR count). The van der Waals surface area contributed by atoms with E-state index >= 15 is 0 Å². The monoisotopic (exact) mass is 471 g/mol. The Kier molecular flexibility index (Phi) is 4.79. The number of ether oxygens (including phenoxy) is 3. The van der Waals surface area contributed by atoms with Crippen LogP contribution >= 0.6 is 11.6 Å². The lowest BCUT2D eigenvalue weighted by molar-refractivity contribution is -0.131. The third kappa shape index (κ3) is 2.84. The van der Waals surface area contributed by atoms with Gasteiger partial charge >= 0.3 is 0 Å². The zero-order valence-corrected chi connectivity index (χ0v) is 19.3. The van der Waals surface area contributed by atoms with Gasteiger partial charge in [0.15, 0.2) is 5.75 Å². The lowest BCUT2D eigenvalue weighted by atomic mass is 9.66. The Balaban J connectivity index is 1.67. The number of allylic oxidation sites excluding steroid dienone is 1. The highest BCUT2D eigenvalue weighted by Crippen LogP contribution is 2.55. The van der Waals surface area contributed by atoms with Crippen molar-refractivity contribution < 1.29 is 28.6 Å². The first-order valence-electron chi connectivity index (χ1n) is 10.5. The van der Waals surface area contributed by atoms with Crippen LogP contribution in [0, 0.1) is 5.92 Å². The number of nitrogens with one attached hydrogen (secondary N) is 1. The Hall–Kier alpha value is -3.33. The van der Waals surface area contributed by atoms with Crippen molar-refractivity contribution in [1.29, 1.82) is 0 Å². The average molecular weight is 472 g/mol. The molecule has 0 saturated carbocycles. The van der Waals surface area contributed by atoms with Gasteiger partial charge in [0.2, 0.25) is 23.1 Å². The molecule has 2 aliphatic heterocycles. The van der Waals surface area contributed by atoms with Crippen molar-refractivity contribution in [2.45, 2.75) is 31.3 Å². The second-order valence-corrected chi connectivity index (χ2v) is 8.92. The fraction of sp³-hybridized carbons (Fsp3) is 0.391. The number of aryl methyl sites for hydroxylation is 1. The van der Waals surface area contributed by atoms with Crippen LogP contribution in [0.5, 0.6) is 17.2 Å². The Morgan fingerprint density at radius 2 is 1.91 bits per heavy atom. The molecule has 0 fully saturated rings. The fourth-order valence-corrected chi connectivity index (χ4v) is 5.36. The molecule has 0 bridgehead atoms. The number of amides is 1. The highest BCUT2D eigenvalue weighted by molar-refractivity contribution is 6.36. The average Bonchev–Trinajstić information content (AvgIpc) is 3.35. The lowest BCUT2D eigenvalue weighted by Gasteiger charge is -2.41. The summed E-state index contributed by atoms with van der Waals surface area (Å²) in [4.78, 5) is 40.4. The van der Waals surface area contributed by atoms with Crippen molar-refractivity contribution in [2.75, 3.05) is 14.2 Å². The van der Waals surface area contributed by atoms with Crippen molar-refractivity contribution in [2.24, 2.45) is 13.0 Å². The summed E-state index contributed by atoms with van der Waals surface area (Å²) >= 11 is 6.48. The zero-order chi connectivity index (χ0) is 23.7. The van der Waals surface area contributed by atoms with Crippen molar-refractivity contribution in [3.8, 4) is 17.2 Å². The lowest BCUT2D eigenvalue weighted by Crippen LogP contribution is -2.59. The molecular weight excluding hydrogens is 450 g/mol. The third-order valence-corrected chi connectivity index (χ3v) is 7.04. The van der Waals surface area contributed by atoms with Gasteiger partial charge in [-0.25, -0.2) is 0 Å². The number of benzene rings is 1. The molecule has 1 unspecified atom stereocenters. The fourth-order valence-electron chi connectivity index (χ4n) is 5.09. The van der Waals surface area contributed by atoms with Crippen molar-refractivity contribution >= 4 is 29.1 Å². The number of ketones is 2. The van der Waals surface area contributed by atoms with E-state index in [1.54, 1.807) is 31.0 Å². The maximum atomic E-state index is 14.1.